The Morgan fingerprint density at radius 3 is 2.45 bits per heavy atom. The molecule has 0 amide bonds. The van der Waals surface area contributed by atoms with Crippen molar-refractivity contribution in [2.75, 3.05) is 0 Å². The van der Waals surface area contributed by atoms with E-state index in [9.17, 15) is 4.79 Å². The van der Waals surface area contributed by atoms with E-state index in [0.29, 0.717) is 17.1 Å². The molecule has 4 aliphatic rings. The van der Waals surface area contributed by atoms with Crippen molar-refractivity contribution in [2.45, 2.75) is 92.9 Å². The van der Waals surface area contributed by atoms with Gasteiger partial charge >= 0.3 is 0 Å². The van der Waals surface area contributed by atoms with Gasteiger partial charge < -0.3 is 0 Å². The Balaban J connectivity index is 1.60. The maximum atomic E-state index is 12.0. The summed E-state index contributed by atoms with van der Waals surface area (Å²) < 4.78 is 0. The largest absolute Gasteiger partial charge is 0.295 e. The second kappa shape index (κ2) is 7.54. The average Bonchev–Trinajstić information content (AvgIpc) is 3.03. The van der Waals surface area contributed by atoms with Crippen LogP contribution >= 0.6 is 0 Å². The lowest BCUT2D eigenvalue weighted by Gasteiger charge is -2.51. The Kier molecular flexibility index (Phi) is 5.50. The van der Waals surface area contributed by atoms with Crippen LogP contribution in [-0.2, 0) is 4.79 Å². The highest BCUT2D eigenvalue weighted by molar-refractivity contribution is 5.92. The highest BCUT2D eigenvalue weighted by Gasteiger charge is 2.53. The molecule has 1 saturated carbocycles. The first kappa shape index (κ1) is 21.1. The Morgan fingerprint density at radius 1 is 0.966 bits per heavy atom. The van der Waals surface area contributed by atoms with E-state index in [1.54, 1.807) is 11.1 Å². The molecule has 0 N–H and O–H groups in total. The van der Waals surface area contributed by atoms with Crippen LogP contribution in [0.5, 0.6) is 0 Å². The molecule has 0 bridgehead atoms. The smallest absolute Gasteiger partial charge is 0.156 e. The maximum absolute atomic E-state index is 12.0. The van der Waals surface area contributed by atoms with E-state index >= 15 is 0 Å². The molecule has 6 atom stereocenters. The van der Waals surface area contributed by atoms with Crippen LogP contribution < -0.4 is 0 Å². The van der Waals surface area contributed by atoms with Crippen LogP contribution in [0.25, 0.3) is 0 Å². The first-order valence-electron chi connectivity index (χ1n) is 12.3. The van der Waals surface area contributed by atoms with E-state index in [-0.39, 0.29) is 5.41 Å². The number of carbonyl (C=O) groups is 1. The molecule has 1 fully saturated rings. The molecule has 0 aromatic rings. The van der Waals surface area contributed by atoms with Crippen molar-refractivity contribution in [1.29, 1.82) is 0 Å². The summed E-state index contributed by atoms with van der Waals surface area (Å²) in [6, 6.07) is 0. The fraction of sp³-hybridized carbons (Fsp3) is 0.750. The fourth-order valence-electron chi connectivity index (χ4n) is 7.33. The first-order valence-corrected chi connectivity index (χ1v) is 12.3. The summed E-state index contributed by atoms with van der Waals surface area (Å²) in [4.78, 5) is 12.0. The molecular weight excluding hydrogens is 352 g/mol. The van der Waals surface area contributed by atoms with Gasteiger partial charge in [0.05, 0.1) is 0 Å². The molecule has 0 heterocycles. The molecule has 0 spiro atoms. The standard InChI is InChI=1S/C28H42O/c1-18(2)19(3)7-8-20(4)24-11-12-25-23-10-9-21-17-22(29)13-15-27(21,5)26(23)14-16-28(24,25)6/h9-10,17-20,24,26H,7-8,11-16H2,1-6H3/t19-,20+,24+,26-,27-,28+/m0/s1. The molecule has 1 heteroatoms. The third-order valence-corrected chi connectivity index (χ3v) is 9.87. The van der Waals surface area contributed by atoms with Gasteiger partial charge in [-0.25, -0.2) is 0 Å². The van der Waals surface area contributed by atoms with Crippen LogP contribution in [0.15, 0.2) is 34.9 Å². The molecule has 0 unspecified atom stereocenters. The fourth-order valence-corrected chi connectivity index (χ4v) is 7.33. The van der Waals surface area contributed by atoms with Crippen LogP contribution in [0.4, 0.5) is 0 Å². The van der Waals surface area contributed by atoms with Crippen molar-refractivity contribution in [3.8, 4) is 0 Å². The Hall–Kier alpha value is -1.11. The van der Waals surface area contributed by atoms with Crippen molar-refractivity contribution >= 4 is 5.78 Å². The number of hydrogen-bond acceptors (Lipinski definition) is 1. The number of fused-ring (bicyclic) bond motifs is 4. The second-order valence-electron chi connectivity index (χ2n) is 11.7. The van der Waals surface area contributed by atoms with E-state index < -0.39 is 0 Å². The quantitative estimate of drug-likeness (QED) is 0.467. The van der Waals surface area contributed by atoms with Crippen LogP contribution in [0, 0.1) is 40.4 Å². The summed E-state index contributed by atoms with van der Waals surface area (Å²) in [5.41, 5.74) is 5.34. The van der Waals surface area contributed by atoms with Gasteiger partial charge in [0.25, 0.3) is 0 Å². The number of allylic oxidation sites excluding steroid dienone is 6. The van der Waals surface area contributed by atoms with E-state index in [0.717, 1.165) is 36.5 Å². The predicted octanol–water partition coefficient (Wildman–Crippen LogP) is 7.68. The van der Waals surface area contributed by atoms with Gasteiger partial charge in [0, 0.05) is 6.42 Å². The summed E-state index contributed by atoms with van der Waals surface area (Å²) in [5, 5.41) is 0. The van der Waals surface area contributed by atoms with Crippen LogP contribution in [0.2, 0.25) is 0 Å². The minimum absolute atomic E-state index is 0.183. The summed E-state index contributed by atoms with van der Waals surface area (Å²) in [7, 11) is 0. The maximum Gasteiger partial charge on any atom is 0.156 e. The average molecular weight is 395 g/mol. The van der Waals surface area contributed by atoms with Gasteiger partial charge in [-0.3, -0.25) is 4.79 Å². The van der Waals surface area contributed by atoms with Gasteiger partial charge in [-0.1, -0.05) is 72.1 Å². The van der Waals surface area contributed by atoms with Crippen molar-refractivity contribution in [3.63, 3.8) is 0 Å². The summed E-state index contributed by atoms with van der Waals surface area (Å²) in [5.74, 6) is 4.25. The van der Waals surface area contributed by atoms with Crippen molar-refractivity contribution in [1.82, 2.24) is 0 Å². The minimum atomic E-state index is 0.183. The van der Waals surface area contributed by atoms with Gasteiger partial charge in [0.2, 0.25) is 0 Å². The number of ketones is 1. The molecule has 0 aromatic carbocycles. The zero-order valence-corrected chi connectivity index (χ0v) is 19.7. The summed E-state index contributed by atoms with van der Waals surface area (Å²) in [6.07, 6.45) is 16.5. The molecular formula is C28H42O. The number of carbonyl (C=O) groups excluding carboxylic acids is 1. The van der Waals surface area contributed by atoms with E-state index in [1.807, 2.05) is 6.08 Å². The molecule has 0 saturated heterocycles. The van der Waals surface area contributed by atoms with Crippen molar-refractivity contribution < 1.29 is 4.79 Å². The van der Waals surface area contributed by atoms with Crippen LogP contribution in [0.1, 0.15) is 92.9 Å². The third kappa shape index (κ3) is 3.41. The molecule has 4 rings (SSSR count). The lowest BCUT2D eigenvalue weighted by Crippen LogP contribution is -2.41. The molecule has 0 aromatic heterocycles. The Morgan fingerprint density at radius 2 is 1.72 bits per heavy atom. The zero-order chi connectivity index (χ0) is 21.0. The number of hydrogen-bond donors (Lipinski definition) is 0. The van der Waals surface area contributed by atoms with Crippen molar-refractivity contribution in [2.24, 2.45) is 40.4 Å². The molecule has 1 nitrogen and oxygen atoms in total. The van der Waals surface area contributed by atoms with Crippen LogP contribution in [-0.4, -0.2) is 5.78 Å². The highest BCUT2D eigenvalue weighted by atomic mass is 16.1. The molecule has 4 aliphatic carbocycles. The molecule has 160 valence electrons. The molecule has 0 aliphatic heterocycles. The summed E-state index contributed by atoms with van der Waals surface area (Å²) in [6.45, 7) is 14.7. The zero-order valence-electron chi connectivity index (χ0n) is 19.7. The monoisotopic (exact) mass is 394 g/mol. The normalized spacial score (nSPS) is 38.4. The summed E-state index contributed by atoms with van der Waals surface area (Å²) >= 11 is 0. The van der Waals surface area contributed by atoms with E-state index in [1.165, 1.54) is 44.1 Å². The lowest BCUT2D eigenvalue weighted by atomic mass is 9.53. The third-order valence-electron chi connectivity index (χ3n) is 9.87. The molecule has 0 radical (unpaired) electrons. The first-order chi connectivity index (χ1) is 13.7. The van der Waals surface area contributed by atoms with Crippen molar-refractivity contribution in [3.05, 3.63) is 34.9 Å². The SMILES string of the molecule is CC(C)[C@@H](C)CC[C@@H](C)[C@H]1CCC2=C3C=CC4=CC(=O)CC[C@]4(C)[C@H]3CC[C@@]21C. The molecule has 29 heavy (non-hydrogen) atoms. The minimum Gasteiger partial charge on any atom is -0.295 e. The second-order valence-corrected chi connectivity index (χ2v) is 11.7. The van der Waals surface area contributed by atoms with Gasteiger partial charge in [0.15, 0.2) is 5.78 Å². The van der Waals surface area contributed by atoms with Crippen LogP contribution in [0.3, 0.4) is 0 Å². The van der Waals surface area contributed by atoms with Gasteiger partial charge in [-0.15, -0.1) is 0 Å². The number of rotatable bonds is 5. The van der Waals surface area contributed by atoms with Gasteiger partial charge in [-0.05, 0) is 89.7 Å². The van der Waals surface area contributed by atoms with E-state index in [2.05, 4.69) is 53.7 Å². The topological polar surface area (TPSA) is 17.1 Å². The highest BCUT2D eigenvalue weighted by Crippen LogP contribution is 2.63. The Labute approximate surface area is 179 Å². The predicted molar refractivity (Wildman–Crippen MR) is 123 cm³/mol. The van der Waals surface area contributed by atoms with E-state index in [4.69, 9.17) is 0 Å². The Bertz CT molecular complexity index is 765. The van der Waals surface area contributed by atoms with Gasteiger partial charge in [0.1, 0.15) is 0 Å². The lowest BCUT2D eigenvalue weighted by molar-refractivity contribution is -0.116. The van der Waals surface area contributed by atoms with Gasteiger partial charge in [-0.2, -0.15) is 0 Å².